The van der Waals surface area contributed by atoms with Crippen LogP contribution in [-0.4, -0.2) is 59.8 Å². The maximum atomic E-state index is 12.3. The van der Waals surface area contributed by atoms with Gasteiger partial charge in [-0.15, -0.1) is 11.3 Å². The molecule has 2 N–H and O–H groups in total. The fraction of sp³-hybridized carbons (Fsp3) is 0.667. The van der Waals surface area contributed by atoms with Gasteiger partial charge in [0.05, 0.1) is 17.7 Å². The highest BCUT2D eigenvalue weighted by Gasteiger charge is 2.24. The summed E-state index contributed by atoms with van der Waals surface area (Å²) in [5, 5.41) is 0. The first-order valence-electron chi connectivity index (χ1n) is 7.62. The third kappa shape index (κ3) is 4.51. The highest BCUT2D eigenvalue weighted by molar-refractivity contribution is 7.09. The molecule has 1 aliphatic heterocycles. The van der Waals surface area contributed by atoms with Gasteiger partial charge in [-0.1, -0.05) is 0 Å². The van der Waals surface area contributed by atoms with Crippen molar-refractivity contribution in [3.63, 3.8) is 0 Å². The normalized spacial score (nSPS) is 16.6. The summed E-state index contributed by atoms with van der Waals surface area (Å²) in [5.41, 5.74) is 8.22. The van der Waals surface area contributed by atoms with Crippen LogP contribution in [0.4, 0.5) is 0 Å². The SMILES string of the molecule is Cc1ncsc1CCN(C)C(=O)CN1CCC(C(N)=O)CC1. The Morgan fingerprint density at radius 3 is 2.68 bits per heavy atom. The molecule has 0 aliphatic carbocycles. The van der Waals surface area contributed by atoms with Crippen molar-refractivity contribution >= 4 is 23.2 Å². The molecule has 0 spiro atoms. The van der Waals surface area contributed by atoms with Gasteiger partial charge < -0.3 is 10.6 Å². The number of carbonyl (C=O) groups is 2. The van der Waals surface area contributed by atoms with E-state index in [4.69, 9.17) is 5.73 Å². The lowest BCUT2D eigenvalue weighted by Gasteiger charge is -2.31. The van der Waals surface area contributed by atoms with E-state index in [-0.39, 0.29) is 17.7 Å². The van der Waals surface area contributed by atoms with E-state index in [1.54, 1.807) is 16.2 Å². The standard InChI is InChI=1S/C15H24N4O2S/c1-11-13(22-10-17-11)5-6-18(2)14(20)9-19-7-3-12(4-8-19)15(16)21/h10,12H,3-9H2,1-2H3,(H2,16,21). The quantitative estimate of drug-likeness (QED) is 0.833. The summed E-state index contributed by atoms with van der Waals surface area (Å²) in [7, 11) is 1.84. The van der Waals surface area contributed by atoms with Crippen molar-refractivity contribution in [1.82, 2.24) is 14.8 Å². The number of carbonyl (C=O) groups excluding carboxylic acids is 2. The number of thiazole rings is 1. The number of nitrogens with two attached hydrogens (primary N) is 1. The Bertz CT molecular complexity index is 523. The summed E-state index contributed by atoms with van der Waals surface area (Å²) in [6.45, 7) is 4.65. The molecule has 1 aliphatic rings. The molecule has 0 atom stereocenters. The van der Waals surface area contributed by atoms with Gasteiger partial charge in [0.25, 0.3) is 0 Å². The van der Waals surface area contributed by atoms with Crippen molar-refractivity contribution in [3.05, 3.63) is 16.1 Å². The van der Waals surface area contributed by atoms with Crippen LogP contribution in [0.2, 0.25) is 0 Å². The summed E-state index contributed by atoms with van der Waals surface area (Å²) >= 11 is 1.64. The second kappa shape index (κ2) is 7.69. The molecule has 0 bridgehead atoms. The van der Waals surface area contributed by atoms with E-state index >= 15 is 0 Å². The molecule has 122 valence electrons. The minimum Gasteiger partial charge on any atom is -0.369 e. The van der Waals surface area contributed by atoms with E-state index in [0.717, 1.165) is 38.0 Å². The van der Waals surface area contributed by atoms with E-state index in [1.807, 2.05) is 19.5 Å². The number of aryl methyl sites for hydroxylation is 1. The van der Waals surface area contributed by atoms with Crippen molar-refractivity contribution in [2.75, 3.05) is 33.2 Å². The Balaban J connectivity index is 1.73. The highest BCUT2D eigenvalue weighted by atomic mass is 32.1. The molecule has 1 saturated heterocycles. The zero-order chi connectivity index (χ0) is 16.1. The van der Waals surface area contributed by atoms with Gasteiger partial charge in [0.15, 0.2) is 0 Å². The Kier molecular flexibility index (Phi) is 5.90. The van der Waals surface area contributed by atoms with Crippen LogP contribution in [0.1, 0.15) is 23.4 Å². The molecule has 0 radical (unpaired) electrons. The number of aromatic nitrogens is 1. The van der Waals surface area contributed by atoms with Gasteiger partial charge in [0.2, 0.25) is 11.8 Å². The molecule has 1 aromatic heterocycles. The van der Waals surface area contributed by atoms with Crippen LogP contribution >= 0.6 is 11.3 Å². The summed E-state index contributed by atoms with van der Waals surface area (Å²) in [6.07, 6.45) is 2.36. The third-order valence-corrected chi connectivity index (χ3v) is 5.29. The number of likely N-dealkylation sites (N-methyl/N-ethyl adjacent to an activating group) is 1. The van der Waals surface area contributed by atoms with Crippen molar-refractivity contribution in [3.8, 4) is 0 Å². The molecular weight excluding hydrogens is 300 g/mol. The van der Waals surface area contributed by atoms with E-state index in [1.165, 1.54) is 4.88 Å². The van der Waals surface area contributed by atoms with Crippen molar-refractivity contribution in [2.45, 2.75) is 26.2 Å². The average Bonchev–Trinajstić information content (AvgIpc) is 2.90. The minimum absolute atomic E-state index is 0.0293. The number of piperidine rings is 1. The van der Waals surface area contributed by atoms with Gasteiger partial charge in [-0.25, -0.2) is 4.98 Å². The first-order chi connectivity index (χ1) is 10.5. The first-order valence-corrected chi connectivity index (χ1v) is 8.50. The van der Waals surface area contributed by atoms with E-state index < -0.39 is 0 Å². The average molecular weight is 324 g/mol. The van der Waals surface area contributed by atoms with Crippen LogP contribution in [0.5, 0.6) is 0 Å². The number of hydrogen-bond donors (Lipinski definition) is 1. The summed E-state index contributed by atoms with van der Waals surface area (Å²) in [4.78, 5) is 32.7. The fourth-order valence-electron chi connectivity index (χ4n) is 2.65. The molecule has 22 heavy (non-hydrogen) atoms. The lowest BCUT2D eigenvalue weighted by atomic mass is 9.96. The Morgan fingerprint density at radius 2 is 2.14 bits per heavy atom. The van der Waals surface area contributed by atoms with Crippen molar-refractivity contribution in [1.29, 1.82) is 0 Å². The van der Waals surface area contributed by atoms with Gasteiger partial charge in [-0.3, -0.25) is 14.5 Å². The van der Waals surface area contributed by atoms with Gasteiger partial charge in [0, 0.05) is 30.8 Å². The molecule has 0 saturated carbocycles. The number of amides is 2. The lowest BCUT2D eigenvalue weighted by Crippen LogP contribution is -2.44. The summed E-state index contributed by atoms with van der Waals surface area (Å²) in [6, 6.07) is 0. The summed E-state index contributed by atoms with van der Waals surface area (Å²) in [5.74, 6) is -0.124. The first kappa shape index (κ1) is 16.9. The minimum atomic E-state index is -0.219. The molecule has 0 aromatic carbocycles. The predicted molar refractivity (Wildman–Crippen MR) is 86.6 cm³/mol. The lowest BCUT2D eigenvalue weighted by molar-refractivity contribution is -0.131. The smallest absolute Gasteiger partial charge is 0.236 e. The van der Waals surface area contributed by atoms with E-state index in [2.05, 4.69) is 9.88 Å². The van der Waals surface area contributed by atoms with Crippen LogP contribution in [0.15, 0.2) is 5.51 Å². The zero-order valence-electron chi connectivity index (χ0n) is 13.2. The second-order valence-corrected chi connectivity index (χ2v) is 6.82. The van der Waals surface area contributed by atoms with E-state index in [9.17, 15) is 9.59 Å². The van der Waals surface area contributed by atoms with Crippen molar-refractivity contribution in [2.24, 2.45) is 11.7 Å². The second-order valence-electron chi connectivity index (χ2n) is 5.88. The fourth-order valence-corrected chi connectivity index (χ4v) is 3.42. The van der Waals surface area contributed by atoms with Gasteiger partial charge in [-0.05, 0) is 32.9 Å². The zero-order valence-corrected chi connectivity index (χ0v) is 14.1. The molecule has 2 heterocycles. The van der Waals surface area contributed by atoms with E-state index in [0.29, 0.717) is 13.1 Å². The molecule has 2 amide bonds. The van der Waals surface area contributed by atoms with Crippen LogP contribution in [0, 0.1) is 12.8 Å². The number of rotatable bonds is 6. The largest absolute Gasteiger partial charge is 0.369 e. The topological polar surface area (TPSA) is 79.5 Å². The van der Waals surface area contributed by atoms with Crippen LogP contribution in [0.3, 0.4) is 0 Å². The van der Waals surface area contributed by atoms with Gasteiger partial charge >= 0.3 is 0 Å². The van der Waals surface area contributed by atoms with Gasteiger partial charge in [0.1, 0.15) is 0 Å². The predicted octanol–water partition coefficient (Wildman–Crippen LogP) is 0.650. The molecule has 6 nitrogen and oxygen atoms in total. The maximum absolute atomic E-state index is 12.3. The van der Waals surface area contributed by atoms with Crippen LogP contribution in [0.25, 0.3) is 0 Å². The van der Waals surface area contributed by atoms with Crippen LogP contribution < -0.4 is 5.73 Å². The monoisotopic (exact) mass is 324 g/mol. The molecule has 0 unspecified atom stereocenters. The number of likely N-dealkylation sites (tertiary alicyclic amines) is 1. The third-order valence-electron chi connectivity index (χ3n) is 4.29. The maximum Gasteiger partial charge on any atom is 0.236 e. The Morgan fingerprint density at radius 1 is 1.45 bits per heavy atom. The number of nitrogens with zero attached hydrogens (tertiary/aromatic N) is 3. The molecule has 7 heteroatoms. The Hall–Kier alpha value is -1.47. The van der Waals surface area contributed by atoms with Crippen LogP contribution in [-0.2, 0) is 16.0 Å². The Labute approximate surface area is 135 Å². The van der Waals surface area contributed by atoms with Gasteiger partial charge in [-0.2, -0.15) is 0 Å². The van der Waals surface area contributed by atoms with Crippen molar-refractivity contribution < 1.29 is 9.59 Å². The number of hydrogen-bond acceptors (Lipinski definition) is 5. The molecular formula is C15H24N4O2S. The molecule has 1 aromatic rings. The highest BCUT2D eigenvalue weighted by Crippen LogP contribution is 2.17. The number of primary amides is 1. The molecule has 2 rings (SSSR count). The summed E-state index contributed by atoms with van der Waals surface area (Å²) < 4.78 is 0. The molecule has 1 fully saturated rings.